The van der Waals surface area contributed by atoms with E-state index in [1.54, 1.807) is 36.7 Å². The molecular formula is C28H26N4O6. The van der Waals surface area contributed by atoms with Crippen LogP contribution in [-0.4, -0.2) is 41.0 Å². The van der Waals surface area contributed by atoms with Crippen LogP contribution < -0.4 is 5.73 Å². The van der Waals surface area contributed by atoms with Crippen molar-refractivity contribution in [3.63, 3.8) is 0 Å². The highest BCUT2D eigenvalue weighted by molar-refractivity contribution is 5.92. The Morgan fingerprint density at radius 1 is 0.763 bits per heavy atom. The molecule has 10 heteroatoms. The van der Waals surface area contributed by atoms with Gasteiger partial charge in [-0.15, -0.1) is 0 Å². The number of non-ortho nitro benzene ring substituents is 1. The number of rotatable bonds is 5. The van der Waals surface area contributed by atoms with Crippen LogP contribution in [0.15, 0.2) is 73.1 Å². The van der Waals surface area contributed by atoms with Gasteiger partial charge in [-0.2, -0.15) is 0 Å². The third-order valence-electron chi connectivity index (χ3n) is 5.34. The number of benzene rings is 2. The number of esters is 2. The molecule has 10 nitrogen and oxygen atoms in total. The van der Waals surface area contributed by atoms with Crippen molar-refractivity contribution < 1.29 is 24.0 Å². The van der Waals surface area contributed by atoms with Gasteiger partial charge >= 0.3 is 11.9 Å². The Morgan fingerprint density at radius 2 is 1.24 bits per heavy atom. The van der Waals surface area contributed by atoms with Crippen molar-refractivity contribution in [2.45, 2.75) is 13.8 Å². The molecule has 0 bridgehead atoms. The Kier molecular flexibility index (Phi) is 8.83. The van der Waals surface area contributed by atoms with Crippen LogP contribution in [0.25, 0.3) is 22.5 Å². The smallest absolute Gasteiger partial charge is 0.338 e. The summed E-state index contributed by atoms with van der Waals surface area (Å²) in [5, 5.41) is 10.9. The topological polar surface area (TPSA) is 148 Å². The lowest BCUT2D eigenvalue weighted by Gasteiger charge is -2.06. The van der Waals surface area contributed by atoms with Gasteiger partial charge in [-0.25, -0.2) is 9.59 Å². The highest BCUT2D eigenvalue weighted by Crippen LogP contribution is 2.25. The zero-order chi connectivity index (χ0) is 27.8. The number of pyridine rings is 2. The lowest BCUT2D eigenvalue weighted by atomic mass is 10.1. The average molecular weight is 515 g/mol. The lowest BCUT2D eigenvalue weighted by molar-refractivity contribution is -0.384. The van der Waals surface area contributed by atoms with Crippen LogP contribution in [0.4, 0.5) is 11.4 Å². The van der Waals surface area contributed by atoms with E-state index in [2.05, 4.69) is 19.4 Å². The van der Waals surface area contributed by atoms with Crippen molar-refractivity contribution in [1.29, 1.82) is 0 Å². The van der Waals surface area contributed by atoms with E-state index >= 15 is 0 Å². The van der Waals surface area contributed by atoms with Crippen LogP contribution in [0.1, 0.15) is 31.8 Å². The van der Waals surface area contributed by atoms with Gasteiger partial charge in [-0.05, 0) is 61.4 Å². The van der Waals surface area contributed by atoms with E-state index in [0.717, 1.165) is 22.4 Å². The predicted molar refractivity (Wildman–Crippen MR) is 143 cm³/mol. The van der Waals surface area contributed by atoms with E-state index < -0.39 is 16.9 Å². The zero-order valence-corrected chi connectivity index (χ0v) is 21.3. The van der Waals surface area contributed by atoms with Gasteiger partial charge in [0, 0.05) is 41.3 Å². The minimum atomic E-state index is -0.623. The fraction of sp³-hybridized carbons (Fsp3) is 0.143. The van der Waals surface area contributed by atoms with Gasteiger partial charge in [-0.1, -0.05) is 12.1 Å². The van der Waals surface area contributed by atoms with E-state index in [9.17, 15) is 19.7 Å². The molecule has 194 valence electrons. The Labute approximate surface area is 219 Å². The van der Waals surface area contributed by atoms with Crippen molar-refractivity contribution in [3.05, 3.63) is 105 Å². The summed E-state index contributed by atoms with van der Waals surface area (Å²) in [7, 11) is 2.57. The number of nitrogens with zero attached hydrogens (tertiary/aromatic N) is 3. The first kappa shape index (κ1) is 27.5. The SMILES string of the molecule is COC(=O)c1cc(-c2ccc(C)cn2)cc([N+](=O)[O-])c1.COC(=O)c1cc(N)cc(-c2ccc(C)cn2)c1. The molecule has 0 atom stereocenters. The number of ether oxygens (including phenoxy) is 2. The number of anilines is 1. The second kappa shape index (κ2) is 12.2. The summed E-state index contributed by atoms with van der Waals surface area (Å²) in [6.45, 7) is 3.86. The number of aryl methyl sites for hydroxylation is 2. The number of carbonyl (C=O) groups is 2. The fourth-order valence-corrected chi connectivity index (χ4v) is 3.41. The van der Waals surface area contributed by atoms with Gasteiger partial charge in [-0.3, -0.25) is 20.1 Å². The Balaban J connectivity index is 0.000000212. The van der Waals surface area contributed by atoms with Crippen molar-refractivity contribution in [2.24, 2.45) is 0 Å². The molecule has 0 spiro atoms. The maximum atomic E-state index is 11.6. The summed E-state index contributed by atoms with van der Waals surface area (Å²) in [6, 6.07) is 16.6. The van der Waals surface area contributed by atoms with Crippen LogP contribution in [0.3, 0.4) is 0 Å². The minimum Gasteiger partial charge on any atom is -0.465 e. The van der Waals surface area contributed by atoms with Crippen LogP contribution in [0.2, 0.25) is 0 Å². The molecule has 4 aromatic rings. The van der Waals surface area contributed by atoms with Crippen LogP contribution in [0, 0.1) is 24.0 Å². The van der Waals surface area contributed by atoms with E-state index in [-0.39, 0.29) is 11.3 Å². The second-order valence-electron chi connectivity index (χ2n) is 8.29. The first-order valence-electron chi connectivity index (χ1n) is 11.3. The van der Waals surface area contributed by atoms with Crippen LogP contribution in [0.5, 0.6) is 0 Å². The molecule has 2 N–H and O–H groups in total. The van der Waals surface area contributed by atoms with Gasteiger partial charge in [0.1, 0.15) is 0 Å². The molecule has 2 aromatic heterocycles. The lowest BCUT2D eigenvalue weighted by Crippen LogP contribution is -2.03. The van der Waals surface area contributed by atoms with Crippen molar-refractivity contribution in [3.8, 4) is 22.5 Å². The molecule has 0 aliphatic rings. The number of hydrogen-bond donors (Lipinski definition) is 1. The fourth-order valence-electron chi connectivity index (χ4n) is 3.41. The average Bonchev–Trinajstić information content (AvgIpc) is 2.92. The molecule has 0 radical (unpaired) electrons. The first-order chi connectivity index (χ1) is 18.1. The second-order valence-corrected chi connectivity index (χ2v) is 8.29. The third-order valence-corrected chi connectivity index (χ3v) is 5.34. The van der Waals surface area contributed by atoms with Gasteiger partial charge in [0.25, 0.3) is 5.69 Å². The zero-order valence-electron chi connectivity index (χ0n) is 21.3. The Morgan fingerprint density at radius 3 is 1.66 bits per heavy atom. The maximum absolute atomic E-state index is 11.6. The standard InChI is InChI=1S/C14H12N2O4.C14H14N2O2/c1-9-3-4-13(15-8-9)10-5-11(14(17)20-2)7-12(6-10)16(18)19;1-9-3-4-13(16-8-9)10-5-11(14(17)18-2)7-12(15)6-10/h3-8H,1-2H3;3-8H,15H2,1-2H3. The summed E-state index contributed by atoms with van der Waals surface area (Å²) in [5.74, 6) is -1.03. The molecule has 0 aliphatic heterocycles. The number of carbonyl (C=O) groups excluding carboxylic acids is 2. The summed E-state index contributed by atoms with van der Waals surface area (Å²) >= 11 is 0. The molecule has 2 heterocycles. The highest BCUT2D eigenvalue weighted by Gasteiger charge is 2.16. The van der Waals surface area contributed by atoms with Gasteiger partial charge < -0.3 is 15.2 Å². The van der Waals surface area contributed by atoms with E-state index in [1.807, 2.05) is 32.0 Å². The van der Waals surface area contributed by atoms with Gasteiger partial charge in [0.15, 0.2) is 0 Å². The number of nitrogen functional groups attached to an aromatic ring is 1. The molecule has 38 heavy (non-hydrogen) atoms. The number of nitrogens with two attached hydrogens (primary N) is 1. The summed E-state index contributed by atoms with van der Waals surface area (Å²) < 4.78 is 9.29. The van der Waals surface area contributed by atoms with Crippen LogP contribution in [-0.2, 0) is 9.47 Å². The van der Waals surface area contributed by atoms with Crippen molar-refractivity contribution in [1.82, 2.24) is 9.97 Å². The maximum Gasteiger partial charge on any atom is 0.338 e. The van der Waals surface area contributed by atoms with E-state index in [0.29, 0.717) is 22.5 Å². The summed E-state index contributed by atoms with van der Waals surface area (Å²) in [5.41, 5.74) is 11.4. The summed E-state index contributed by atoms with van der Waals surface area (Å²) in [4.78, 5) is 42.0. The molecule has 0 amide bonds. The Bertz CT molecular complexity index is 1470. The third kappa shape index (κ3) is 6.97. The molecule has 2 aromatic carbocycles. The number of methoxy groups -OCH3 is 2. The minimum absolute atomic E-state index is 0.124. The molecule has 4 rings (SSSR count). The normalized spacial score (nSPS) is 10.1. The van der Waals surface area contributed by atoms with Crippen molar-refractivity contribution >= 4 is 23.3 Å². The predicted octanol–water partition coefficient (Wildman–Crippen LogP) is 5.18. The van der Waals surface area contributed by atoms with Gasteiger partial charge in [0.05, 0.1) is 41.7 Å². The largest absolute Gasteiger partial charge is 0.465 e. The van der Waals surface area contributed by atoms with Crippen molar-refractivity contribution in [2.75, 3.05) is 20.0 Å². The highest BCUT2D eigenvalue weighted by atomic mass is 16.6. The van der Waals surface area contributed by atoms with E-state index in [1.165, 1.54) is 32.4 Å². The monoisotopic (exact) mass is 514 g/mol. The first-order valence-corrected chi connectivity index (χ1v) is 11.3. The molecule has 0 saturated carbocycles. The van der Waals surface area contributed by atoms with Gasteiger partial charge in [0.2, 0.25) is 0 Å². The van der Waals surface area contributed by atoms with Crippen LogP contribution >= 0.6 is 0 Å². The molecular weight excluding hydrogens is 488 g/mol. The van der Waals surface area contributed by atoms with E-state index in [4.69, 9.17) is 5.73 Å². The number of hydrogen-bond acceptors (Lipinski definition) is 9. The molecule has 0 aliphatic carbocycles. The quantitative estimate of drug-likeness (QED) is 0.165. The Hall–Kier alpha value is -5.12. The summed E-state index contributed by atoms with van der Waals surface area (Å²) in [6.07, 6.45) is 3.43. The molecule has 0 saturated heterocycles. The number of aromatic nitrogens is 2. The molecule has 0 fully saturated rings. The number of nitro benzene ring substituents is 1. The molecule has 0 unspecified atom stereocenters. The number of nitro groups is 1.